The lowest BCUT2D eigenvalue weighted by Gasteiger charge is -2.14. The van der Waals surface area contributed by atoms with Crippen LogP contribution in [0.4, 0.5) is 14.5 Å². The van der Waals surface area contributed by atoms with E-state index in [1.807, 2.05) is 0 Å². The summed E-state index contributed by atoms with van der Waals surface area (Å²) >= 11 is 0. The molecule has 0 aromatic heterocycles. The summed E-state index contributed by atoms with van der Waals surface area (Å²) in [4.78, 5) is 10.3. The molecular formula is C15H13F2NO5. The largest absolute Gasteiger partial charge is 0.496 e. The van der Waals surface area contributed by atoms with Gasteiger partial charge in [0.05, 0.1) is 18.1 Å². The van der Waals surface area contributed by atoms with Gasteiger partial charge in [0.1, 0.15) is 30.1 Å². The minimum Gasteiger partial charge on any atom is -0.496 e. The first-order valence-electron chi connectivity index (χ1n) is 6.50. The fourth-order valence-corrected chi connectivity index (χ4v) is 1.92. The Bertz CT molecular complexity index is 723. The summed E-state index contributed by atoms with van der Waals surface area (Å²) < 4.78 is 36.7. The average molecular weight is 325 g/mol. The Morgan fingerprint density at radius 2 is 2.00 bits per heavy atom. The van der Waals surface area contributed by atoms with Crippen molar-refractivity contribution in [1.29, 1.82) is 0 Å². The highest BCUT2D eigenvalue weighted by Crippen LogP contribution is 2.32. The predicted molar refractivity (Wildman–Crippen MR) is 76.5 cm³/mol. The van der Waals surface area contributed by atoms with Crippen molar-refractivity contribution in [3.8, 4) is 11.5 Å². The van der Waals surface area contributed by atoms with Crippen molar-refractivity contribution in [2.45, 2.75) is 6.10 Å². The highest BCUT2D eigenvalue weighted by molar-refractivity contribution is 5.50. The molecule has 2 rings (SSSR count). The van der Waals surface area contributed by atoms with Crippen LogP contribution in [0.5, 0.6) is 11.5 Å². The fraction of sp³-hybridized carbons (Fsp3) is 0.200. The van der Waals surface area contributed by atoms with Gasteiger partial charge in [0.15, 0.2) is 5.75 Å². The summed E-state index contributed by atoms with van der Waals surface area (Å²) in [5.74, 6) is -1.37. The molecule has 122 valence electrons. The molecule has 2 aromatic rings. The average Bonchev–Trinajstić information content (AvgIpc) is 2.54. The zero-order valence-electron chi connectivity index (χ0n) is 12.0. The Labute approximate surface area is 130 Å². The molecule has 0 aliphatic rings. The second kappa shape index (κ2) is 7.01. The predicted octanol–water partition coefficient (Wildman–Crippen LogP) is 2.99. The molecule has 0 aliphatic carbocycles. The van der Waals surface area contributed by atoms with Crippen LogP contribution in [0.1, 0.15) is 11.7 Å². The van der Waals surface area contributed by atoms with Crippen molar-refractivity contribution in [2.75, 3.05) is 13.7 Å². The van der Waals surface area contributed by atoms with Crippen LogP contribution in [0.15, 0.2) is 36.4 Å². The quantitative estimate of drug-likeness (QED) is 0.652. The van der Waals surface area contributed by atoms with Gasteiger partial charge in [-0.05, 0) is 30.3 Å². The number of nitro groups is 1. The lowest BCUT2D eigenvalue weighted by Crippen LogP contribution is -2.12. The molecule has 1 unspecified atom stereocenters. The van der Waals surface area contributed by atoms with E-state index in [1.165, 1.54) is 19.2 Å². The number of nitro benzene ring substituents is 1. The van der Waals surface area contributed by atoms with Crippen LogP contribution in [0.3, 0.4) is 0 Å². The third-order valence-corrected chi connectivity index (χ3v) is 3.08. The maximum absolute atomic E-state index is 13.5. The molecule has 0 saturated heterocycles. The van der Waals surface area contributed by atoms with Crippen LogP contribution in [0.25, 0.3) is 0 Å². The Hall–Kier alpha value is -2.74. The Morgan fingerprint density at radius 3 is 2.65 bits per heavy atom. The van der Waals surface area contributed by atoms with Gasteiger partial charge < -0.3 is 14.6 Å². The van der Waals surface area contributed by atoms with E-state index in [4.69, 9.17) is 9.47 Å². The van der Waals surface area contributed by atoms with Gasteiger partial charge >= 0.3 is 5.69 Å². The molecule has 0 amide bonds. The molecule has 1 atom stereocenters. The molecule has 0 fully saturated rings. The Kier molecular flexibility index (Phi) is 5.07. The number of hydrogen-bond acceptors (Lipinski definition) is 5. The minimum atomic E-state index is -1.48. The van der Waals surface area contributed by atoms with Gasteiger partial charge in [0, 0.05) is 5.56 Å². The van der Waals surface area contributed by atoms with Gasteiger partial charge in [-0.2, -0.15) is 0 Å². The summed E-state index contributed by atoms with van der Waals surface area (Å²) in [5.41, 5.74) is -0.655. The summed E-state index contributed by atoms with van der Waals surface area (Å²) in [6.07, 6.45) is -1.48. The zero-order valence-corrected chi connectivity index (χ0v) is 12.0. The second-order valence-electron chi connectivity index (χ2n) is 4.58. The maximum Gasteiger partial charge on any atom is 0.314 e. The summed E-state index contributed by atoms with van der Waals surface area (Å²) in [6.45, 7) is -0.479. The van der Waals surface area contributed by atoms with E-state index < -0.39 is 29.3 Å². The molecule has 0 radical (unpaired) electrons. The number of benzene rings is 2. The van der Waals surface area contributed by atoms with Crippen LogP contribution in [0.2, 0.25) is 0 Å². The van der Waals surface area contributed by atoms with Crippen LogP contribution < -0.4 is 9.47 Å². The summed E-state index contributed by atoms with van der Waals surface area (Å²) in [6, 6.07) is 6.53. The zero-order chi connectivity index (χ0) is 17.0. The number of methoxy groups -OCH3 is 1. The highest BCUT2D eigenvalue weighted by Gasteiger charge is 2.20. The first-order chi connectivity index (χ1) is 10.9. The van der Waals surface area contributed by atoms with E-state index in [0.717, 1.165) is 24.3 Å². The minimum absolute atomic E-state index is 0.119. The van der Waals surface area contributed by atoms with E-state index in [1.54, 1.807) is 0 Å². The second-order valence-corrected chi connectivity index (χ2v) is 4.58. The van der Waals surface area contributed by atoms with Gasteiger partial charge in [0.25, 0.3) is 0 Å². The van der Waals surface area contributed by atoms with Crippen LogP contribution in [-0.4, -0.2) is 23.7 Å². The Balaban J connectivity index is 2.17. The van der Waals surface area contributed by atoms with Gasteiger partial charge in [0.2, 0.25) is 0 Å². The maximum atomic E-state index is 13.5. The van der Waals surface area contributed by atoms with E-state index in [2.05, 4.69) is 0 Å². The number of ether oxygens (including phenoxy) is 2. The highest BCUT2D eigenvalue weighted by atomic mass is 19.1. The van der Waals surface area contributed by atoms with Crippen molar-refractivity contribution in [3.05, 3.63) is 63.7 Å². The van der Waals surface area contributed by atoms with Crippen LogP contribution in [0, 0.1) is 21.7 Å². The lowest BCUT2D eigenvalue weighted by molar-refractivity contribution is -0.386. The topological polar surface area (TPSA) is 81.8 Å². The third-order valence-electron chi connectivity index (χ3n) is 3.08. The standard InChI is InChI=1S/C15H13F2NO5/c1-22-10-3-5-15(13(7-10)18(20)21)23-8-14(19)11-6-9(16)2-4-12(11)17/h2-7,14,19H,8H2,1H3. The molecule has 0 heterocycles. The fourth-order valence-electron chi connectivity index (χ4n) is 1.92. The molecule has 8 heteroatoms. The Morgan fingerprint density at radius 1 is 1.26 bits per heavy atom. The smallest absolute Gasteiger partial charge is 0.314 e. The van der Waals surface area contributed by atoms with Gasteiger partial charge in [-0.1, -0.05) is 0 Å². The molecule has 2 aromatic carbocycles. The van der Waals surface area contributed by atoms with Gasteiger partial charge in [-0.25, -0.2) is 8.78 Å². The molecule has 0 aliphatic heterocycles. The van der Waals surface area contributed by atoms with E-state index in [-0.39, 0.29) is 22.7 Å². The molecule has 0 bridgehead atoms. The number of nitrogens with zero attached hydrogens (tertiary/aromatic N) is 1. The van der Waals surface area contributed by atoms with Crippen molar-refractivity contribution < 1.29 is 28.3 Å². The number of aliphatic hydroxyl groups is 1. The van der Waals surface area contributed by atoms with Gasteiger partial charge in [-0.15, -0.1) is 0 Å². The van der Waals surface area contributed by atoms with E-state index in [9.17, 15) is 24.0 Å². The number of halogens is 2. The molecular weight excluding hydrogens is 312 g/mol. The van der Waals surface area contributed by atoms with Crippen molar-refractivity contribution in [2.24, 2.45) is 0 Å². The normalized spacial score (nSPS) is 11.8. The monoisotopic (exact) mass is 325 g/mol. The van der Waals surface area contributed by atoms with Gasteiger partial charge in [-0.3, -0.25) is 10.1 Å². The SMILES string of the molecule is COc1ccc(OCC(O)c2cc(F)ccc2F)c([N+](=O)[O-])c1. The van der Waals surface area contributed by atoms with E-state index >= 15 is 0 Å². The van der Waals surface area contributed by atoms with Crippen molar-refractivity contribution in [1.82, 2.24) is 0 Å². The molecule has 0 saturated carbocycles. The molecule has 23 heavy (non-hydrogen) atoms. The molecule has 1 N–H and O–H groups in total. The molecule has 6 nitrogen and oxygen atoms in total. The number of hydrogen-bond donors (Lipinski definition) is 1. The van der Waals surface area contributed by atoms with Crippen LogP contribution in [-0.2, 0) is 0 Å². The lowest BCUT2D eigenvalue weighted by atomic mass is 10.1. The number of rotatable bonds is 6. The van der Waals surface area contributed by atoms with Crippen LogP contribution >= 0.6 is 0 Å². The first kappa shape index (κ1) is 16.6. The number of aliphatic hydroxyl groups excluding tert-OH is 1. The van der Waals surface area contributed by atoms with Crippen molar-refractivity contribution >= 4 is 5.69 Å². The third kappa shape index (κ3) is 3.92. The van der Waals surface area contributed by atoms with E-state index in [0.29, 0.717) is 0 Å². The summed E-state index contributed by atoms with van der Waals surface area (Å²) in [7, 11) is 1.36. The van der Waals surface area contributed by atoms with Crippen molar-refractivity contribution in [3.63, 3.8) is 0 Å². The molecule has 0 spiro atoms. The summed E-state index contributed by atoms with van der Waals surface area (Å²) in [5, 5.41) is 20.9. The first-order valence-corrected chi connectivity index (χ1v) is 6.50.